The van der Waals surface area contributed by atoms with Crippen molar-refractivity contribution in [2.24, 2.45) is 11.7 Å². The van der Waals surface area contributed by atoms with Crippen molar-refractivity contribution in [2.75, 3.05) is 6.61 Å². The summed E-state index contributed by atoms with van der Waals surface area (Å²) in [7, 11) is 0. The van der Waals surface area contributed by atoms with Crippen LogP contribution in [0.1, 0.15) is 32.0 Å². The predicted octanol–water partition coefficient (Wildman–Crippen LogP) is 3.46. The third-order valence-corrected chi connectivity index (χ3v) is 3.49. The minimum atomic E-state index is 0.572. The fourth-order valence-corrected chi connectivity index (χ4v) is 2.65. The van der Waals surface area contributed by atoms with Crippen LogP contribution in [0.25, 0.3) is 10.9 Å². The van der Waals surface area contributed by atoms with E-state index in [1.54, 1.807) is 0 Å². The molecule has 0 saturated heterocycles. The monoisotopic (exact) mass is 260 g/mol. The number of aromatic nitrogens is 1. The molecule has 0 radical (unpaired) electrons. The minimum Gasteiger partial charge on any atom is -0.494 e. The normalized spacial score (nSPS) is 11.5. The number of rotatable bonds is 5. The van der Waals surface area contributed by atoms with Gasteiger partial charge in [-0.05, 0) is 43.5 Å². The standard InChI is InChI=1S/C16H24N2O/c1-5-19-13-6-7-16-14(8-13)15(9-17)12(4)18(16)10-11(2)3/h6-8,11H,5,9-10,17H2,1-4H3. The van der Waals surface area contributed by atoms with Crippen molar-refractivity contribution in [3.05, 3.63) is 29.5 Å². The van der Waals surface area contributed by atoms with Crippen molar-refractivity contribution in [2.45, 2.75) is 40.8 Å². The highest BCUT2D eigenvalue weighted by Crippen LogP contribution is 2.29. The lowest BCUT2D eigenvalue weighted by molar-refractivity contribution is 0.340. The van der Waals surface area contributed by atoms with Gasteiger partial charge in [0, 0.05) is 29.7 Å². The molecule has 0 aliphatic rings. The lowest BCUT2D eigenvalue weighted by Gasteiger charge is -2.11. The highest BCUT2D eigenvalue weighted by atomic mass is 16.5. The van der Waals surface area contributed by atoms with Gasteiger partial charge in [0.1, 0.15) is 5.75 Å². The van der Waals surface area contributed by atoms with E-state index >= 15 is 0 Å². The highest BCUT2D eigenvalue weighted by molar-refractivity contribution is 5.87. The van der Waals surface area contributed by atoms with Gasteiger partial charge in [-0.1, -0.05) is 13.8 Å². The summed E-state index contributed by atoms with van der Waals surface area (Å²) in [5.41, 5.74) is 9.70. The zero-order valence-corrected chi connectivity index (χ0v) is 12.4. The maximum atomic E-state index is 5.93. The van der Waals surface area contributed by atoms with Gasteiger partial charge in [-0.2, -0.15) is 0 Å². The molecule has 0 amide bonds. The molecule has 0 aliphatic heterocycles. The zero-order chi connectivity index (χ0) is 14.0. The summed E-state index contributed by atoms with van der Waals surface area (Å²) in [5, 5.41) is 1.23. The Balaban J connectivity index is 2.60. The number of nitrogens with two attached hydrogens (primary N) is 1. The van der Waals surface area contributed by atoms with Crippen LogP contribution in [0.2, 0.25) is 0 Å². The molecular weight excluding hydrogens is 236 g/mol. The van der Waals surface area contributed by atoms with Crippen LogP contribution in [0.5, 0.6) is 5.75 Å². The van der Waals surface area contributed by atoms with Gasteiger partial charge in [-0.3, -0.25) is 0 Å². The van der Waals surface area contributed by atoms with Crippen LogP contribution in [0.3, 0.4) is 0 Å². The highest BCUT2D eigenvalue weighted by Gasteiger charge is 2.14. The van der Waals surface area contributed by atoms with Crippen LogP contribution >= 0.6 is 0 Å². The van der Waals surface area contributed by atoms with Gasteiger partial charge < -0.3 is 15.0 Å². The van der Waals surface area contributed by atoms with Crippen molar-refractivity contribution in [3.63, 3.8) is 0 Å². The summed E-state index contributed by atoms with van der Waals surface area (Å²) < 4.78 is 7.97. The lowest BCUT2D eigenvalue weighted by atomic mass is 10.1. The zero-order valence-electron chi connectivity index (χ0n) is 12.4. The van der Waals surface area contributed by atoms with E-state index in [1.165, 1.54) is 22.2 Å². The van der Waals surface area contributed by atoms with Crippen LogP contribution in [-0.4, -0.2) is 11.2 Å². The maximum Gasteiger partial charge on any atom is 0.120 e. The molecule has 2 N–H and O–H groups in total. The first-order valence-electron chi connectivity index (χ1n) is 7.03. The van der Waals surface area contributed by atoms with E-state index in [9.17, 15) is 0 Å². The second-order valence-electron chi connectivity index (χ2n) is 5.38. The maximum absolute atomic E-state index is 5.93. The third kappa shape index (κ3) is 2.61. The first kappa shape index (κ1) is 13.9. The molecule has 0 fully saturated rings. The topological polar surface area (TPSA) is 40.2 Å². The molecule has 3 nitrogen and oxygen atoms in total. The number of ether oxygens (including phenoxy) is 1. The van der Waals surface area contributed by atoms with Crippen LogP contribution in [0.4, 0.5) is 0 Å². The Morgan fingerprint density at radius 1 is 1.32 bits per heavy atom. The molecule has 0 saturated carbocycles. The number of hydrogen-bond donors (Lipinski definition) is 1. The molecule has 0 spiro atoms. The van der Waals surface area contributed by atoms with Gasteiger partial charge in [0.15, 0.2) is 0 Å². The summed E-state index contributed by atoms with van der Waals surface area (Å²) in [6, 6.07) is 6.31. The van der Waals surface area contributed by atoms with Gasteiger partial charge in [0.25, 0.3) is 0 Å². The van der Waals surface area contributed by atoms with E-state index in [0.29, 0.717) is 19.1 Å². The summed E-state index contributed by atoms with van der Waals surface area (Å²) in [6.45, 7) is 10.9. The second-order valence-corrected chi connectivity index (χ2v) is 5.38. The summed E-state index contributed by atoms with van der Waals surface area (Å²) in [4.78, 5) is 0. The van der Waals surface area contributed by atoms with Crippen LogP contribution in [0.15, 0.2) is 18.2 Å². The fraction of sp³-hybridized carbons (Fsp3) is 0.500. The molecule has 19 heavy (non-hydrogen) atoms. The quantitative estimate of drug-likeness (QED) is 0.894. The Morgan fingerprint density at radius 2 is 2.05 bits per heavy atom. The molecular formula is C16H24N2O. The van der Waals surface area contributed by atoms with Crippen molar-refractivity contribution >= 4 is 10.9 Å². The van der Waals surface area contributed by atoms with E-state index in [2.05, 4.69) is 37.5 Å². The van der Waals surface area contributed by atoms with E-state index in [-0.39, 0.29) is 0 Å². The molecule has 0 unspecified atom stereocenters. The summed E-state index contributed by atoms with van der Waals surface area (Å²) in [6.07, 6.45) is 0. The van der Waals surface area contributed by atoms with Gasteiger partial charge in [0.05, 0.1) is 6.61 Å². The van der Waals surface area contributed by atoms with Crippen LogP contribution in [-0.2, 0) is 13.1 Å². The summed E-state index contributed by atoms with van der Waals surface area (Å²) in [5.74, 6) is 1.54. The summed E-state index contributed by atoms with van der Waals surface area (Å²) >= 11 is 0. The van der Waals surface area contributed by atoms with E-state index in [4.69, 9.17) is 10.5 Å². The van der Waals surface area contributed by atoms with Crippen molar-refractivity contribution in [1.29, 1.82) is 0 Å². The van der Waals surface area contributed by atoms with Gasteiger partial charge in [0.2, 0.25) is 0 Å². The predicted molar refractivity (Wildman–Crippen MR) is 80.6 cm³/mol. The average Bonchev–Trinajstić information content (AvgIpc) is 2.62. The Bertz CT molecular complexity index is 570. The largest absolute Gasteiger partial charge is 0.494 e. The van der Waals surface area contributed by atoms with Crippen LogP contribution < -0.4 is 10.5 Å². The van der Waals surface area contributed by atoms with Gasteiger partial charge in [-0.15, -0.1) is 0 Å². The molecule has 1 aromatic heterocycles. The SMILES string of the molecule is CCOc1ccc2c(c1)c(CN)c(C)n2CC(C)C. The molecule has 3 heteroatoms. The van der Waals surface area contributed by atoms with Gasteiger partial charge in [-0.25, -0.2) is 0 Å². The number of hydrogen-bond acceptors (Lipinski definition) is 2. The van der Waals surface area contributed by atoms with Crippen molar-refractivity contribution in [3.8, 4) is 5.75 Å². The molecule has 104 valence electrons. The first-order chi connectivity index (χ1) is 9.08. The molecule has 1 aromatic carbocycles. The van der Waals surface area contributed by atoms with E-state index in [1.807, 2.05) is 13.0 Å². The number of fused-ring (bicyclic) bond motifs is 1. The third-order valence-electron chi connectivity index (χ3n) is 3.49. The number of nitrogens with zero attached hydrogens (tertiary/aromatic N) is 1. The Kier molecular flexibility index (Phi) is 4.15. The van der Waals surface area contributed by atoms with Crippen molar-refractivity contribution < 1.29 is 4.74 Å². The molecule has 0 aliphatic carbocycles. The van der Waals surface area contributed by atoms with E-state index < -0.39 is 0 Å². The second kappa shape index (κ2) is 5.66. The molecule has 0 bridgehead atoms. The lowest BCUT2D eigenvalue weighted by Crippen LogP contribution is -2.07. The Labute approximate surface area is 115 Å². The molecule has 2 rings (SSSR count). The van der Waals surface area contributed by atoms with Gasteiger partial charge >= 0.3 is 0 Å². The smallest absolute Gasteiger partial charge is 0.120 e. The Hall–Kier alpha value is -1.48. The molecule has 2 aromatic rings. The van der Waals surface area contributed by atoms with Crippen LogP contribution in [0, 0.1) is 12.8 Å². The average molecular weight is 260 g/mol. The Morgan fingerprint density at radius 3 is 2.63 bits per heavy atom. The molecule has 0 atom stereocenters. The minimum absolute atomic E-state index is 0.572. The number of benzene rings is 1. The first-order valence-corrected chi connectivity index (χ1v) is 7.03. The van der Waals surface area contributed by atoms with E-state index in [0.717, 1.165) is 12.3 Å². The fourth-order valence-electron chi connectivity index (χ4n) is 2.65. The van der Waals surface area contributed by atoms with Crippen molar-refractivity contribution in [1.82, 2.24) is 4.57 Å². The molecule has 1 heterocycles.